The molecule has 2 heterocycles. The van der Waals surface area contributed by atoms with E-state index < -0.39 is 11.5 Å². The Hall–Kier alpha value is -3.39. The summed E-state index contributed by atoms with van der Waals surface area (Å²) in [6.07, 6.45) is 5.05. The Labute approximate surface area is 215 Å². The van der Waals surface area contributed by atoms with Crippen LogP contribution in [0.15, 0.2) is 35.8 Å². The summed E-state index contributed by atoms with van der Waals surface area (Å²) in [6.45, 7) is 12.8. The fourth-order valence-electron chi connectivity index (χ4n) is 4.44. The standard InChI is InChI=1S/C28H31NO6S/c1-7-12-33-24-16(2)17(3)25-20(18(24)4)10-11-28(5,35-25)15-34-21-9-8-19(13-22(21)32-6)14-23-26(30)29-27(31)36-23/h7-9,13-14H,1,10-12,15H2,2-6H3,(H,29,30,31)/b23-14-. The highest BCUT2D eigenvalue weighted by atomic mass is 32.2. The summed E-state index contributed by atoms with van der Waals surface area (Å²) in [4.78, 5) is 23.6. The number of nitrogens with one attached hydrogen (secondary N) is 1. The highest BCUT2D eigenvalue weighted by molar-refractivity contribution is 8.18. The van der Waals surface area contributed by atoms with Gasteiger partial charge in [0.2, 0.25) is 0 Å². The zero-order valence-electron chi connectivity index (χ0n) is 21.3. The van der Waals surface area contributed by atoms with E-state index in [1.54, 1.807) is 31.4 Å². The van der Waals surface area contributed by atoms with Crippen LogP contribution in [-0.4, -0.2) is 37.1 Å². The summed E-state index contributed by atoms with van der Waals surface area (Å²) in [6, 6.07) is 5.40. The molecule has 0 aromatic heterocycles. The number of fused-ring (bicyclic) bond motifs is 1. The van der Waals surface area contributed by atoms with E-state index in [9.17, 15) is 9.59 Å². The van der Waals surface area contributed by atoms with Gasteiger partial charge in [-0.2, -0.15) is 0 Å². The van der Waals surface area contributed by atoms with E-state index >= 15 is 0 Å². The number of thioether (sulfide) groups is 1. The Kier molecular flexibility index (Phi) is 7.36. The van der Waals surface area contributed by atoms with Gasteiger partial charge in [-0.05, 0) is 92.8 Å². The predicted octanol–water partition coefficient (Wildman–Crippen LogP) is 5.67. The van der Waals surface area contributed by atoms with Crippen molar-refractivity contribution < 1.29 is 28.5 Å². The molecule has 2 aliphatic heterocycles. The molecule has 36 heavy (non-hydrogen) atoms. The minimum atomic E-state index is -0.523. The third-order valence-corrected chi connectivity index (χ3v) is 7.38. The van der Waals surface area contributed by atoms with Gasteiger partial charge in [0.25, 0.3) is 11.1 Å². The van der Waals surface area contributed by atoms with E-state index in [0.29, 0.717) is 29.6 Å². The first kappa shape index (κ1) is 25.7. The van der Waals surface area contributed by atoms with Gasteiger partial charge in [-0.3, -0.25) is 14.9 Å². The highest BCUT2D eigenvalue weighted by Crippen LogP contribution is 2.44. The third kappa shape index (κ3) is 5.09. The van der Waals surface area contributed by atoms with Gasteiger partial charge in [-0.15, -0.1) is 0 Å². The summed E-state index contributed by atoms with van der Waals surface area (Å²) in [5, 5.41) is 1.88. The van der Waals surface area contributed by atoms with Gasteiger partial charge in [-0.1, -0.05) is 18.7 Å². The topological polar surface area (TPSA) is 83.1 Å². The number of carbonyl (C=O) groups is 2. The number of imide groups is 1. The quantitative estimate of drug-likeness (QED) is 0.362. The summed E-state index contributed by atoms with van der Waals surface area (Å²) in [7, 11) is 1.57. The number of benzene rings is 2. The number of hydrogen-bond donors (Lipinski definition) is 1. The first-order valence-electron chi connectivity index (χ1n) is 11.8. The Bertz CT molecular complexity index is 1270. The molecule has 1 unspecified atom stereocenters. The van der Waals surface area contributed by atoms with Crippen LogP contribution in [0.2, 0.25) is 0 Å². The summed E-state index contributed by atoms with van der Waals surface area (Å²) >= 11 is 0.877. The second-order valence-corrected chi connectivity index (χ2v) is 10.2. The second-order valence-electron chi connectivity index (χ2n) is 9.21. The number of methoxy groups -OCH3 is 1. The van der Waals surface area contributed by atoms with Crippen molar-refractivity contribution in [3.8, 4) is 23.0 Å². The van der Waals surface area contributed by atoms with Crippen LogP contribution < -0.4 is 24.3 Å². The van der Waals surface area contributed by atoms with Crippen molar-refractivity contribution in [2.45, 2.75) is 46.1 Å². The molecule has 4 rings (SSSR count). The average Bonchev–Trinajstić information content (AvgIpc) is 3.17. The van der Waals surface area contributed by atoms with Gasteiger partial charge in [-0.25, -0.2) is 0 Å². The molecule has 1 fully saturated rings. The lowest BCUT2D eigenvalue weighted by Crippen LogP contribution is -2.42. The van der Waals surface area contributed by atoms with Crippen LogP contribution in [-0.2, 0) is 11.2 Å². The molecule has 1 N–H and O–H groups in total. The van der Waals surface area contributed by atoms with Crippen LogP contribution >= 0.6 is 11.8 Å². The van der Waals surface area contributed by atoms with Crippen molar-refractivity contribution in [1.82, 2.24) is 5.32 Å². The number of hydrogen-bond acceptors (Lipinski definition) is 7. The molecule has 0 saturated carbocycles. The molecule has 190 valence electrons. The fourth-order valence-corrected chi connectivity index (χ4v) is 5.12. The molecule has 8 heteroatoms. The summed E-state index contributed by atoms with van der Waals surface area (Å²) in [5.41, 5.74) is 4.64. The Morgan fingerprint density at radius 2 is 1.92 bits per heavy atom. The third-order valence-electron chi connectivity index (χ3n) is 6.57. The van der Waals surface area contributed by atoms with E-state index in [2.05, 4.69) is 39.6 Å². The molecule has 1 atom stereocenters. The van der Waals surface area contributed by atoms with E-state index in [1.165, 1.54) is 5.56 Å². The van der Waals surface area contributed by atoms with Gasteiger partial charge in [0.05, 0.1) is 12.0 Å². The number of ether oxygens (including phenoxy) is 4. The molecule has 2 aromatic carbocycles. The smallest absolute Gasteiger partial charge is 0.290 e. The molecule has 7 nitrogen and oxygen atoms in total. The Morgan fingerprint density at radius 3 is 2.58 bits per heavy atom. The van der Waals surface area contributed by atoms with Crippen LogP contribution in [0.25, 0.3) is 6.08 Å². The second kappa shape index (κ2) is 10.3. The molecular formula is C28H31NO6S. The average molecular weight is 510 g/mol. The van der Waals surface area contributed by atoms with E-state index in [-0.39, 0.29) is 5.24 Å². The maximum absolute atomic E-state index is 11.8. The van der Waals surface area contributed by atoms with Crippen molar-refractivity contribution in [1.29, 1.82) is 0 Å². The van der Waals surface area contributed by atoms with E-state index in [0.717, 1.165) is 58.4 Å². The van der Waals surface area contributed by atoms with Crippen molar-refractivity contribution >= 4 is 29.0 Å². The minimum absolute atomic E-state index is 0.336. The molecular weight excluding hydrogens is 478 g/mol. The zero-order chi connectivity index (χ0) is 26.0. The largest absolute Gasteiger partial charge is 0.493 e. The molecule has 2 amide bonds. The van der Waals surface area contributed by atoms with Crippen molar-refractivity contribution in [3.63, 3.8) is 0 Å². The molecule has 1 saturated heterocycles. The first-order valence-corrected chi connectivity index (χ1v) is 12.6. The van der Waals surface area contributed by atoms with Crippen LogP contribution in [0.4, 0.5) is 4.79 Å². The fraction of sp³-hybridized carbons (Fsp3) is 0.357. The molecule has 0 radical (unpaired) electrons. The minimum Gasteiger partial charge on any atom is -0.493 e. The van der Waals surface area contributed by atoms with Gasteiger partial charge in [0, 0.05) is 5.56 Å². The number of rotatable bonds is 8. The lowest BCUT2D eigenvalue weighted by Gasteiger charge is -2.38. The van der Waals surface area contributed by atoms with Gasteiger partial charge < -0.3 is 18.9 Å². The van der Waals surface area contributed by atoms with E-state index in [1.807, 2.05) is 6.07 Å². The highest BCUT2D eigenvalue weighted by Gasteiger charge is 2.36. The lowest BCUT2D eigenvalue weighted by atomic mass is 9.87. The molecule has 2 aromatic rings. The normalized spacial score (nSPS) is 20.0. The van der Waals surface area contributed by atoms with Gasteiger partial charge >= 0.3 is 0 Å². The number of amides is 2. The first-order chi connectivity index (χ1) is 17.2. The van der Waals surface area contributed by atoms with Crippen molar-refractivity contribution in [2.75, 3.05) is 20.3 Å². The monoisotopic (exact) mass is 509 g/mol. The zero-order valence-corrected chi connectivity index (χ0v) is 22.1. The van der Waals surface area contributed by atoms with Crippen molar-refractivity contribution in [2.24, 2.45) is 0 Å². The Balaban J connectivity index is 1.51. The SMILES string of the molecule is C=CCOc1c(C)c(C)c2c(c1C)CCC(C)(COc1ccc(/C=C3\SC(=O)NC3=O)cc1OC)O2. The number of carbonyl (C=O) groups excluding carboxylic acids is 2. The van der Waals surface area contributed by atoms with Gasteiger partial charge in [0.1, 0.15) is 30.3 Å². The van der Waals surface area contributed by atoms with Crippen LogP contribution in [0, 0.1) is 20.8 Å². The van der Waals surface area contributed by atoms with Crippen LogP contribution in [0.3, 0.4) is 0 Å². The molecule has 0 aliphatic carbocycles. The summed E-state index contributed by atoms with van der Waals surface area (Å²) in [5.74, 6) is 2.53. The Morgan fingerprint density at radius 1 is 1.14 bits per heavy atom. The van der Waals surface area contributed by atoms with Crippen LogP contribution in [0.5, 0.6) is 23.0 Å². The predicted molar refractivity (Wildman–Crippen MR) is 141 cm³/mol. The summed E-state index contributed by atoms with van der Waals surface area (Å²) < 4.78 is 24.2. The van der Waals surface area contributed by atoms with E-state index in [4.69, 9.17) is 18.9 Å². The van der Waals surface area contributed by atoms with Gasteiger partial charge in [0.15, 0.2) is 11.5 Å². The van der Waals surface area contributed by atoms with Crippen molar-refractivity contribution in [3.05, 3.63) is 63.6 Å². The molecule has 2 aliphatic rings. The molecule has 0 spiro atoms. The maximum Gasteiger partial charge on any atom is 0.290 e. The maximum atomic E-state index is 11.8. The molecule has 0 bridgehead atoms. The lowest BCUT2D eigenvalue weighted by molar-refractivity contribution is -0.115. The van der Waals surface area contributed by atoms with Crippen LogP contribution in [0.1, 0.15) is 41.2 Å².